The Hall–Kier alpha value is -2.22. The number of carbonyl (C=O) groups excluding carboxylic acids is 1. The van der Waals surface area contributed by atoms with Crippen molar-refractivity contribution in [3.05, 3.63) is 17.2 Å². The van der Waals surface area contributed by atoms with E-state index in [0.29, 0.717) is 0 Å². The summed E-state index contributed by atoms with van der Waals surface area (Å²) < 4.78 is 5.55. The molecule has 0 saturated heterocycles. The van der Waals surface area contributed by atoms with E-state index in [1.165, 1.54) is 12.3 Å². The second-order valence-electron chi connectivity index (χ2n) is 5.40. The van der Waals surface area contributed by atoms with E-state index in [0.717, 1.165) is 17.4 Å². The van der Waals surface area contributed by atoms with E-state index in [2.05, 4.69) is 10.1 Å². The largest absolute Gasteiger partial charge is 0.476 e. The molecule has 1 heterocycles. The minimum atomic E-state index is -1.57. The summed E-state index contributed by atoms with van der Waals surface area (Å²) in [5.41, 5.74) is 4.42. The number of rotatable bonds is 6. The second-order valence-corrected chi connectivity index (χ2v) is 6.29. The highest BCUT2D eigenvalue weighted by molar-refractivity contribution is 7.13. The molecule has 0 spiro atoms. The van der Waals surface area contributed by atoms with Crippen molar-refractivity contribution >= 4 is 34.1 Å². The monoisotopic (exact) mass is 327 g/mol. The van der Waals surface area contributed by atoms with E-state index in [-0.39, 0.29) is 10.8 Å². The van der Waals surface area contributed by atoms with Crippen LogP contribution in [0, 0.1) is 0 Å². The molecule has 3 N–H and O–H groups in total. The van der Waals surface area contributed by atoms with Crippen LogP contribution >= 0.6 is 11.3 Å². The Morgan fingerprint density at radius 3 is 2.55 bits per heavy atom. The number of nitrogens with zero attached hydrogens (tertiary/aromatic N) is 2. The van der Waals surface area contributed by atoms with Crippen molar-refractivity contribution in [3.63, 3.8) is 0 Å². The number of anilines is 1. The molecule has 1 aromatic rings. The van der Waals surface area contributed by atoms with Gasteiger partial charge in [-0.2, -0.15) is 0 Å². The number of hydrogen-bond acceptors (Lipinski definition) is 8. The third-order valence-electron chi connectivity index (χ3n) is 2.12. The predicted octanol–water partition coefficient (Wildman–Crippen LogP) is 1.45. The highest BCUT2D eigenvalue weighted by Gasteiger charge is 2.32. The minimum Gasteiger partial charge on any atom is -0.476 e. The van der Waals surface area contributed by atoms with Crippen molar-refractivity contribution in [2.45, 2.75) is 39.1 Å². The van der Waals surface area contributed by atoms with Gasteiger partial charge in [-0.1, -0.05) is 5.16 Å². The Bertz CT molecular complexity index is 628. The van der Waals surface area contributed by atoms with Gasteiger partial charge in [0.1, 0.15) is 11.6 Å². The van der Waals surface area contributed by atoms with Gasteiger partial charge in [-0.25, -0.2) is 14.6 Å². The lowest BCUT2D eigenvalue weighted by molar-refractivity contribution is -0.239. The first-order valence-electron chi connectivity index (χ1n) is 6.19. The fourth-order valence-corrected chi connectivity index (χ4v) is 2.07. The Morgan fingerprint density at radius 1 is 1.50 bits per heavy atom. The molecule has 0 aliphatic heterocycles. The average molecular weight is 327 g/mol. The maximum Gasteiger partial charge on any atom is 0.360 e. The first-order valence-corrected chi connectivity index (χ1v) is 7.07. The normalized spacial score (nSPS) is 14.8. The number of thiazole rings is 1. The molecule has 0 aliphatic rings. The number of carboxylic acid groups (broad SMARTS) is 1. The number of aliphatic carboxylic acids is 1. The molecule has 22 heavy (non-hydrogen) atoms. The fourth-order valence-electron chi connectivity index (χ4n) is 1.52. The number of aromatic nitrogens is 1. The lowest BCUT2D eigenvalue weighted by Gasteiger charge is -2.31. The van der Waals surface area contributed by atoms with Crippen molar-refractivity contribution in [2.24, 2.45) is 5.16 Å². The number of hydrogen-bond donors (Lipinski definition) is 2. The molecule has 1 atom stereocenters. The summed E-state index contributed by atoms with van der Waals surface area (Å²) in [6, 6.07) is 0. The Kier molecular flexibility index (Phi) is 5.43. The zero-order chi connectivity index (χ0) is 17.0. The van der Waals surface area contributed by atoms with E-state index >= 15 is 0 Å². The maximum absolute atomic E-state index is 11.3. The van der Waals surface area contributed by atoms with Gasteiger partial charge in [0.2, 0.25) is 5.71 Å². The number of nitrogen functional groups attached to an aromatic ring is 1. The van der Waals surface area contributed by atoms with Gasteiger partial charge in [0.25, 0.3) is 5.79 Å². The van der Waals surface area contributed by atoms with E-state index in [1.54, 1.807) is 26.7 Å². The van der Waals surface area contributed by atoms with Crippen molar-refractivity contribution in [1.29, 1.82) is 0 Å². The van der Waals surface area contributed by atoms with Gasteiger partial charge < -0.3 is 20.4 Å². The van der Waals surface area contributed by atoms with Crippen molar-refractivity contribution in [3.8, 4) is 0 Å². The first-order chi connectivity index (χ1) is 10.1. The molecule has 1 aromatic heterocycles. The van der Waals surface area contributed by atoms with E-state index < -0.39 is 23.1 Å². The zero-order valence-electron chi connectivity index (χ0n) is 12.6. The molecule has 0 aliphatic carbocycles. The van der Waals surface area contributed by atoms with Crippen molar-refractivity contribution in [2.75, 3.05) is 5.73 Å². The summed E-state index contributed by atoms with van der Waals surface area (Å²) >= 11 is 1.07. The zero-order valence-corrected chi connectivity index (χ0v) is 13.4. The first kappa shape index (κ1) is 17.8. The van der Waals surface area contributed by atoms with Crippen LogP contribution in [0.3, 0.4) is 0 Å². The molecule has 9 heteroatoms. The molecule has 0 fully saturated rings. The van der Waals surface area contributed by atoms with Gasteiger partial charge in [-0.3, -0.25) is 0 Å². The molecule has 0 amide bonds. The number of carbonyl (C=O) groups is 1. The summed E-state index contributed by atoms with van der Waals surface area (Å²) in [6.07, 6.45) is 0.969. The van der Waals surface area contributed by atoms with Crippen LogP contribution in [0.15, 0.2) is 16.6 Å². The minimum absolute atomic E-state index is 0.0585. The highest BCUT2D eigenvalue weighted by Crippen LogP contribution is 2.23. The van der Waals surface area contributed by atoms with Crippen LogP contribution < -0.4 is 5.73 Å². The molecule has 0 aromatic carbocycles. The lowest BCUT2D eigenvalue weighted by atomic mass is 10.1. The summed E-state index contributed by atoms with van der Waals surface area (Å²) in [5.74, 6) is -1.36. The molecular weight excluding hydrogens is 310 g/mol. The molecule has 120 valence electrons. The standard InChI is InChI=1S/C13H17N3O5S/c1-12(2,3)20-13(4,5-6-17)21-16-9(10(18)19)8-7-22-11(14)15-8/h5,7H,1-4H3,(H2,14,15)(H,18,19). The molecule has 1 rings (SSSR count). The van der Waals surface area contributed by atoms with Crippen LogP contribution in [-0.2, 0) is 19.2 Å². The van der Waals surface area contributed by atoms with Gasteiger partial charge in [-0.15, -0.1) is 11.3 Å². The fraction of sp³-hybridized carbons (Fsp3) is 0.462. The number of carboxylic acids is 1. The summed E-state index contributed by atoms with van der Waals surface area (Å²) in [7, 11) is 0. The summed E-state index contributed by atoms with van der Waals surface area (Å²) in [4.78, 5) is 30.8. The van der Waals surface area contributed by atoms with Gasteiger partial charge >= 0.3 is 5.97 Å². The SMILES string of the molecule is CC(C)(C)OC(C)(C=C=O)ON=C(C(=O)O)c1csc(N)n1. The van der Waals surface area contributed by atoms with Crippen LogP contribution in [0.25, 0.3) is 0 Å². The number of nitrogens with two attached hydrogens (primary N) is 1. The van der Waals surface area contributed by atoms with Gasteiger partial charge in [0, 0.05) is 12.3 Å². The Labute approximate surface area is 131 Å². The average Bonchev–Trinajstić information content (AvgIpc) is 2.73. The molecule has 1 unspecified atom stereocenters. The van der Waals surface area contributed by atoms with Crippen molar-refractivity contribution < 1.29 is 24.3 Å². The highest BCUT2D eigenvalue weighted by atomic mass is 32.1. The van der Waals surface area contributed by atoms with Gasteiger partial charge in [-0.05, 0) is 20.8 Å². The van der Waals surface area contributed by atoms with Gasteiger partial charge in [0.05, 0.1) is 11.7 Å². The van der Waals surface area contributed by atoms with Crippen LogP contribution in [0.2, 0.25) is 0 Å². The number of oxime groups is 1. The third-order valence-corrected chi connectivity index (χ3v) is 2.79. The van der Waals surface area contributed by atoms with Crippen molar-refractivity contribution in [1.82, 2.24) is 4.98 Å². The molecule has 0 saturated carbocycles. The molecule has 0 bridgehead atoms. The molecule has 8 nitrogen and oxygen atoms in total. The Balaban J connectivity index is 3.10. The Morgan fingerprint density at radius 2 is 2.14 bits per heavy atom. The predicted molar refractivity (Wildman–Crippen MR) is 81.3 cm³/mol. The number of ether oxygens (including phenoxy) is 1. The van der Waals surface area contributed by atoms with E-state index in [4.69, 9.17) is 15.3 Å². The smallest absolute Gasteiger partial charge is 0.360 e. The summed E-state index contributed by atoms with van der Waals surface area (Å²) in [6.45, 7) is 6.66. The maximum atomic E-state index is 11.3. The summed E-state index contributed by atoms with van der Waals surface area (Å²) in [5, 5.41) is 14.4. The lowest BCUT2D eigenvalue weighted by Crippen LogP contribution is -2.37. The van der Waals surface area contributed by atoms with Crippen LogP contribution in [0.1, 0.15) is 33.4 Å². The van der Waals surface area contributed by atoms with E-state index in [9.17, 15) is 14.7 Å². The quantitative estimate of drug-likeness (QED) is 0.350. The second kappa shape index (κ2) is 6.69. The molecule has 0 radical (unpaired) electrons. The van der Waals surface area contributed by atoms with Gasteiger partial charge in [0.15, 0.2) is 5.13 Å². The van der Waals surface area contributed by atoms with E-state index in [1.807, 2.05) is 0 Å². The molecular formula is C13H17N3O5S. The topological polar surface area (TPSA) is 124 Å². The van der Waals surface area contributed by atoms with Crippen LogP contribution in [0.4, 0.5) is 5.13 Å². The third kappa shape index (κ3) is 5.28. The van der Waals surface area contributed by atoms with Crippen LogP contribution in [-0.4, -0.2) is 39.1 Å². The van der Waals surface area contributed by atoms with Crippen LogP contribution in [0.5, 0.6) is 0 Å².